The smallest absolute Gasteiger partial charge is 0.138 e. The van der Waals surface area contributed by atoms with Crippen LogP contribution in [0.1, 0.15) is 35.1 Å². The van der Waals surface area contributed by atoms with Crippen LogP contribution in [0.5, 0.6) is 11.5 Å². The maximum absolute atomic E-state index is 5.83. The molecule has 5 heteroatoms. The van der Waals surface area contributed by atoms with Gasteiger partial charge >= 0.3 is 0 Å². The first-order valence-electron chi connectivity index (χ1n) is 7.57. The second kappa shape index (κ2) is 6.01. The summed E-state index contributed by atoms with van der Waals surface area (Å²) in [6, 6.07) is 4.17. The van der Waals surface area contributed by atoms with Crippen molar-refractivity contribution < 1.29 is 14.0 Å². The number of nitrogens with zero attached hydrogens (tertiary/aromatic N) is 1. The fraction of sp³-hybridized carbons (Fsp3) is 0.471. The molecule has 0 saturated heterocycles. The molecule has 0 bridgehead atoms. The molecule has 1 aromatic carbocycles. The SMILES string of the molecule is COc1cc2c(cc1CNCc1c(C)noc1C)O[C@H](C)C2. The van der Waals surface area contributed by atoms with Crippen molar-refractivity contribution in [3.05, 3.63) is 40.3 Å². The summed E-state index contributed by atoms with van der Waals surface area (Å²) in [6.45, 7) is 7.40. The highest BCUT2D eigenvalue weighted by Gasteiger charge is 2.21. The van der Waals surface area contributed by atoms with E-state index in [0.717, 1.165) is 47.0 Å². The Hall–Kier alpha value is -2.01. The van der Waals surface area contributed by atoms with Crippen LogP contribution >= 0.6 is 0 Å². The van der Waals surface area contributed by atoms with E-state index in [0.29, 0.717) is 6.54 Å². The first-order chi connectivity index (χ1) is 10.6. The summed E-state index contributed by atoms with van der Waals surface area (Å²) >= 11 is 0. The zero-order chi connectivity index (χ0) is 15.7. The van der Waals surface area contributed by atoms with E-state index in [1.54, 1.807) is 7.11 Å². The van der Waals surface area contributed by atoms with E-state index < -0.39 is 0 Å². The van der Waals surface area contributed by atoms with Gasteiger partial charge in [0.05, 0.1) is 12.8 Å². The average molecular weight is 302 g/mol. The molecule has 0 unspecified atom stereocenters. The number of fused-ring (bicyclic) bond motifs is 1. The lowest BCUT2D eigenvalue weighted by molar-refractivity contribution is 0.254. The summed E-state index contributed by atoms with van der Waals surface area (Å²) in [7, 11) is 1.71. The van der Waals surface area contributed by atoms with Gasteiger partial charge < -0.3 is 19.3 Å². The van der Waals surface area contributed by atoms with Gasteiger partial charge in [-0.2, -0.15) is 0 Å². The van der Waals surface area contributed by atoms with Crippen molar-refractivity contribution in [1.29, 1.82) is 0 Å². The van der Waals surface area contributed by atoms with Gasteiger partial charge in [0.1, 0.15) is 23.4 Å². The van der Waals surface area contributed by atoms with Crippen LogP contribution in [0.25, 0.3) is 0 Å². The Balaban J connectivity index is 1.71. The Bertz CT molecular complexity index is 659. The molecule has 0 saturated carbocycles. The lowest BCUT2D eigenvalue weighted by Gasteiger charge is -2.12. The molecule has 1 atom stereocenters. The van der Waals surface area contributed by atoms with Crippen LogP contribution in [0.2, 0.25) is 0 Å². The number of hydrogen-bond acceptors (Lipinski definition) is 5. The van der Waals surface area contributed by atoms with Gasteiger partial charge in [-0.15, -0.1) is 0 Å². The standard InChI is InChI=1S/C17H22N2O3/c1-10-5-13-6-16(20-4)14(7-17(13)21-10)8-18-9-15-11(2)19-22-12(15)3/h6-7,10,18H,5,8-9H2,1-4H3/t10-/m1/s1. The minimum absolute atomic E-state index is 0.241. The normalized spacial score (nSPS) is 16.5. The molecule has 3 rings (SSSR count). The number of hydrogen-bond donors (Lipinski definition) is 1. The number of aryl methyl sites for hydroxylation is 2. The van der Waals surface area contributed by atoms with Crippen molar-refractivity contribution in [2.45, 2.75) is 46.4 Å². The maximum atomic E-state index is 5.83. The van der Waals surface area contributed by atoms with Crippen LogP contribution < -0.4 is 14.8 Å². The van der Waals surface area contributed by atoms with E-state index in [2.05, 4.69) is 29.5 Å². The van der Waals surface area contributed by atoms with Gasteiger partial charge in [-0.05, 0) is 32.9 Å². The third-order valence-corrected chi connectivity index (χ3v) is 4.10. The molecule has 0 fully saturated rings. The zero-order valence-corrected chi connectivity index (χ0v) is 13.5. The van der Waals surface area contributed by atoms with Gasteiger partial charge in [0.2, 0.25) is 0 Å². The molecule has 0 aliphatic carbocycles. The fourth-order valence-electron chi connectivity index (χ4n) is 2.89. The molecule has 0 amide bonds. The first kappa shape index (κ1) is 14.9. The first-order valence-corrected chi connectivity index (χ1v) is 7.57. The molecule has 2 heterocycles. The van der Waals surface area contributed by atoms with Crippen molar-refractivity contribution in [2.75, 3.05) is 7.11 Å². The molecule has 0 spiro atoms. The molecule has 1 N–H and O–H groups in total. The van der Waals surface area contributed by atoms with Gasteiger partial charge in [-0.1, -0.05) is 5.16 Å². The quantitative estimate of drug-likeness (QED) is 0.920. The van der Waals surface area contributed by atoms with Crippen molar-refractivity contribution in [3.8, 4) is 11.5 Å². The summed E-state index contributed by atoms with van der Waals surface area (Å²) < 4.78 is 16.5. The Morgan fingerprint density at radius 3 is 2.82 bits per heavy atom. The highest BCUT2D eigenvalue weighted by Crippen LogP contribution is 2.34. The molecule has 2 aromatic rings. The number of nitrogens with one attached hydrogen (secondary N) is 1. The van der Waals surface area contributed by atoms with E-state index in [1.165, 1.54) is 5.56 Å². The molecule has 118 valence electrons. The fourth-order valence-corrected chi connectivity index (χ4v) is 2.89. The maximum Gasteiger partial charge on any atom is 0.138 e. The highest BCUT2D eigenvalue weighted by molar-refractivity contribution is 5.48. The Kier molecular flexibility index (Phi) is 4.07. The lowest BCUT2D eigenvalue weighted by Crippen LogP contribution is -2.14. The Morgan fingerprint density at radius 2 is 2.14 bits per heavy atom. The third kappa shape index (κ3) is 2.81. The highest BCUT2D eigenvalue weighted by atomic mass is 16.5. The lowest BCUT2D eigenvalue weighted by atomic mass is 10.1. The van der Waals surface area contributed by atoms with E-state index in [-0.39, 0.29) is 6.10 Å². The van der Waals surface area contributed by atoms with Crippen molar-refractivity contribution >= 4 is 0 Å². The van der Waals surface area contributed by atoms with E-state index >= 15 is 0 Å². The topological polar surface area (TPSA) is 56.5 Å². The largest absolute Gasteiger partial charge is 0.496 e. The van der Waals surface area contributed by atoms with Crippen LogP contribution in [0, 0.1) is 13.8 Å². The second-order valence-corrected chi connectivity index (χ2v) is 5.81. The number of ether oxygens (including phenoxy) is 2. The number of methoxy groups -OCH3 is 1. The van der Waals surface area contributed by atoms with E-state index in [4.69, 9.17) is 14.0 Å². The van der Waals surface area contributed by atoms with E-state index in [1.807, 2.05) is 13.8 Å². The molecule has 1 aliphatic heterocycles. The zero-order valence-electron chi connectivity index (χ0n) is 13.5. The minimum Gasteiger partial charge on any atom is -0.496 e. The molecule has 1 aliphatic rings. The van der Waals surface area contributed by atoms with Crippen LogP contribution in [0.15, 0.2) is 16.7 Å². The molecule has 0 radical (unpaired) electrons. The van der Waals surface area contributed by atoms with Gasteiger partial charge in [0.15, 0.2) is 0 Å². The average Bonchev–Trinajstić information content (AvgIpc) is 3.01. The van der Waals surface area contributed by atoms with Crippen molar-refractivity contribution in [3.63, 3.8) is 0 Å². The number of aromatic nitrogens is 1. The Labute approximate surface area is 130 Å². The van der Waals surface area contributed by atoms with Gasteiger partial charge in [0, 0.05) is 36.2 Å². The minimum atomic E-state index is 0.241. The van der Waals surface area contributed by atoms with Crippen molar-refractivity contribution in [1.82, 2.24) is 10.5 Å². The van der Waals surface area contributed by atoms with Crippen LogP contribution in [0.4, 0.5) is 0 Å². The summed E-state index contributed by atoms with van der Waals surface area (Å²) in [5.74, 6) is 2.74. The third-order valence-electron chi connectivity index (χ3n) is 4.10. The summed E-state index contributed by atoms with van der Waals surface area (Å²) in [4.78, 5) is 0. The summed E-state index contributed by atoms with van der Waals surface area (Å²) in [5.41, 5.74) is 4.37. The summed E-state index contributed by atoms with van der Waals surface area (Å²) in [6.07, 6.45) is 1.18. The molecular weight excluding hydrogens is 280 g/mol. The monoisotopic (exact) mass is 302 g/mol. The van der Waals surface area contributed by atoms with Crippen LogP contribution in [-0.2, 0) is 19.5 Å². The number of rotatable bonds is 5. The van der Waals surface area contributed by atoms with Crippen LogP contribution in [0.3, 0.4) is 0 Å². The molecule has 1 aromatic heterocycles. The van der Waals surface area contributed by atoms with E-state index in [9.17, 15) is 0 Å². The predicted octanol–water partition coefficient (Wildman–Crippen LogP) is 2.91. The molecule has 22 heavy (non-hydrogen) atoms. The molecular formula is C17H22N2O3. The van der Waals surface area contributed by atoms with Crippen molar-refractivity contribution in [2.24, 2.45) is 0 Å². The molecule has 5 nitrogen and oxygen atoms in total. The summed E-state index contributed by atoms with van der Waals surface area (Å²) in [5, 5.41) is 7.40. The van der Waals surface area contributed by atoms with Crippen LogP contribution in [-0.4, -0.2) is 18.4 Å². The van der Waals surface area contributed by atoms with Gasteiger partial charge in [-0.3, -0.25) is 0 Å². The Morgan fingerprint density at radius 1 is 1.32 bits per heavy atom. The number of benzene rings is 1. The van der Waals surface area contributed by atoms with Gasteiger partial charge in [0.25, 0.3) is 0 Å². The van der Waals surface area contributed by atoms with Gasteiger partial charge in [-0.25, -0.2) is 0 Å². The predicted molar refractivity (Wildman–Crippen MR) is 83.3 cm³/mol. The second-order valence-electron chi connectivity index (χ2n) is 5.81.